The molecule has 0 N–H and O–H groups in total. The monoisotopic (exact) mass is 309 g/mol. The molecule has 0 aromatic heterocycles. The van der Waals surface area contributed by atoms with Gasteiger partial charge in [0.1, 0.15) is 8.07 Å². The number of nitro groups is 1. The van der Waals surface area contributed by atoms with Gasteiger partial charge in [0.15, 0.2) is 0 Å². The smallest absolute Gasteiger partial charge is 0.238 e. The minimum Gasteiger partial charge on any atom is -0.264 e. The first-order chi connectivity index (χ1) is 10.5. The van der Waals surface area contributed by atoms with E-state index in [2.05, 4.69) is 30.0 Å². The van der Waals surface area contributed by atoms with Gasteiger partial charge in [-0.05, 0) is 22.9 Å². The third kappa shape index (κ3) is 2.11. The molecule has 1 heterocycles. The van der Waals surface area contributed by atoms with Gasteiger partial charge in [0, 0.05) is 17.9 Å². The second kappa shape index (κ2) is 5.21. The van der Waals surface area contributed by atoms with Gasteiger partial charge < -0.3 is 0 Å². The minimum atomic E-state index is -2.25. The van der Waals surface area contributed by atoms with E-state index in [1.807, 2.05) is 43.3 Å². The second-order valence-electron chi connectivity index (χ2n) is 6.24. The van der Waals surface area contributed by atoms with Crippen LogP contribution in [0.2, 0.25) is 6.04 Å². The van der Waals surface area contributed by atoms with E-state index < -0.39 is 13.6 Å². The lowest BCUT2D eigenvalue weighted by Crippen LogP contribution is -2.58. The van der Waals surface area contributed by atoms with Crippen LogP contribution in [0.1, 0.15) is 13.8 Å². The largest absolute Gasteiger partial charge is 0.264 e. The summed E-state index contributed by atoms with van der Waals surface area (Å²) < 4.78 is 0. The molecule has 1 atom stereocenters. The van der Waals surface area contributed by atoms with Crippen LogP contribution in [0.15, 0.2) is 71.9 Å². The van der Waals surface area contributed by atoms with Crippen LogP contribution in [0.4, 0.5) is 0 Å². The van der Waals surface area contributed by atoms with Crippen molar-refractivity contribution in [1.29, 1.82) is 0 Å². The van der Waals surface area contributed by atoms with E-state index in [0.29, 0.717) is 6.04 Å². The zero-order valence-corrected chi connectivity index (χ0v) is 13.8. The molecule has 0 fully saturated rings. The molecule has 22 heavy (non-hydrogen) atoms. The maximum absolute atomic E-state index is 11.7. The quantitative estimate of drug-likeness (QED) is 0.497. The Bertz CT molecular complexity index is 688. The van der Waals surface area contributed by atoms with E-state index in [0.717, 1.165) is 5.57 Å². The summed E-state index contributed by atoms with van der Waals surface area (Å²) in [5, 5.41) is 14.2. The molecule has 1 aliphatic heterocycles. The van der Waals surface area contributed by atoms with Crippen molar-refractivity contribution >= 4 is 18.4 Å². The molecule has 1 unspecified atom stereocenters. The summed E-state index contributed by atoms with van der Waals surface area (Å²) in [6, 6.07) is 21.2. The van der Waals surface area contributed by atoms with E-state index >= 15 is 0 Å². The molecule has 3 rings (SSSR count). The maximum Gasteiger partial charge on any atom is 0.238 e. The molecule has 4 heteroatoms. The molecule has 0 amide bonds. The highest BCUT2D eigenvalue weighted by atomic mass is 28.3. The lowest BCUT2D eigenvalue weighted by molar-refractivity contribution is -0.547. The molecule has 0 radical (unpaired) electrons. The topological polar surface area (TPSA) is 43.1 Å². The summed E-state index contributed by atoms with van der Waals surface area (Å²) in [6.07, 6.45) is 0. The van der Waals surface area contributed by atoms with Gasteiger partial charge >= 0.3 is 0 Å². The van der Waals surface area contributed by atoms with Crippen molar-refractivity contribution in [1.82, 2.24) is 0 Å². The Labute approximate surface area is 131 Å². The zero-order chi connectivity index (χ0) is 15.8. The molecule has 0 saturated heterocycles. The average Bonchev–Trinajstić information content (AvgIpc) is 2.83. The molecule has 3 nitrogen and oxygen atoms in total. The van der Waals surface area contributed by atoms with Crippen molar-refractivity contribution in [2.24, 2.45) is 0 Å². The fourth-order valence-corrected chi connectivity index (χ4v) is 8.77. The molecule has 0 bridgehead atoms. The first-order valence-corrected chi connectivity index (χ1v) is 9.73. The molecule has 0 saturated carbocycles. The Morgan fingerprint density at radius 1 is 1.00 bits per heavy atom. The van der Waals surface area contributed by atoms with Crippen LogP contribution >= 0.6 is 0 Å². The highest BCUT2D eigenvalue weighted by molar-refractivity contribution is 7.06. The Hall–Kier alpha value is -2.20. The summed E-state index contributed by atoms with van der Waals surface area (Å²) in [7, 11) is -2.25. The Balaban J connectivity index is 2.22. The average molecular weight is 309 g/mol. The summed E-state index contributed by atoms with van der Waals surface area (Å²) in [5.74, 6) is 0. The van der Waals surface area contributed by atoms with Crippen molar-refractivity contribution < 1.29 is 4.92 Å². The number of benzene rings is 2. The molecule has 0 aliphatic carbocycles. The summed E-state index contributed by atoms with van der Waals surface area (Å²) >= 11 is 0. The number of hydrogen-bond donors (Lipinski definition) is 0. The summed E-state index contributed by atoms with van der Waals surface area (Å²) in [5.41, 5.74) is 2.15. The Morgan fingerprint density at radius 3 is 1.82 bits per heavy atom. The Kier molecular flexibility index (Phi) is 3.49. The standard InChI is InChI=1S/C18H19NO2Si/c1-15-13-22(14-18(15,2)19(20)21,16-9-5-3-6-10-16)17-11-7-4-8-12-17/h3-13H,14H2,1-2H3. The zero-order valence-electron chi connectivity index (χ0n) is 12.8. The van der Waals surface area contributed by atoms with Crippen molar-refractivity contribution in [2.75, 3.05) is 0 Å². The normalized spacial score (nSPS) is 23.1. The van der Waals surface area contributed by atoms with Crippen LogP contribution in [-0.2, 0) is 0 Å². The van der Waals surface area contributed by atoms with Crippen LogP contribution in [0.5, 0.6) is 0 Å². The van der Waals surface area contributed by atoms with Crippen molar-refractivity contribution in [3.8, 4) is 0 Å². The van der Waals surface area contributed by atoms with Crippen LogP contribution in [0.25, 0.3) is 0 Å². The first-order valence-electron chi connectivity index (χ1n) is 7.44. The maximum atomic E-state index is 11.7. The predicted octanol–water partition coefficient (Wildman–Crippen LogP) is 2.78. The van der Waals surface area contributed by atoms with E-state index in [9.17, 15) is 10.1 Å². The second-order valence-corrected chi connectivity index (χ2v) is 9.98. The van der Waals surface area contributed by atoms with Gasteiger partial charge in [0.05, 0.1) is 0 Å². The minimum absolute atomic E-state index is 0.112. The van der Waals surface area contributed by atoms with Crippen LogP contribution in [0.3, 0.4) is 0 Å². The SMILES string of the molecule is CC1=C[Si](c2ccccc2)(c2ccccc2)CC1(C)[N+](=O)[O-]. The third-order valence-electron chi connectivity index (χ3n) is 4.92. The molecular formula is C18H19NO2Si. The predicted molar refractivity (Wildman–Crippen MR) is 91.9 cm³/mol. The molecule has 1 aliphatic rings. The van der Waals surface area contributed by atoms with E-state index in [4.69, 9.17) is 0 Å². The van der Waals surface area contributed by atoms with Gasteiger partial charge in [-0.25, -0.2) is 0 Å². The van der Waals surface area contributed by atoms with Gasteiger partial charge in [0.25, 0.3) is 0 Å². The van der Waals surface area contributed by atoms with Crippen molar-refractivity contribution in [3.63, 3.8) is 0 Å². The lowest BCUT2D eigenvalue weighted by atomic mass is 9.98. The van der Waals surface area contributed by atoms with Gasteiger partial charge in [-0.2, -0.15) is 0 Å². The number of nitrogens with zero attached hydrogens (tertiary/aromatic N) is 1. The van der Waals surface area contributed by atoms with Crippen molar-refractivity contribution in [2.45, 2.75) is 25.4 Å². The Morgan fingerprint density at radius 2 is 1.45 bits per heavy atom. The highest BCUT2D eigenvalue weighted by Gasteiger charge is 2.55. The third-order valence-corrected chi connectivity index (χ3v) is 9.82. The van der Waals surface area contributed by atoms with Gasteiger partial charge in [-0.3, -0.25) is 10.1 Å². The molecule has 0 spiro atoms. The molecule has 2 aromatic carbocycles. The fourth-order valence-electron chi connectivity index (χ4n) is 3.48. The molecule has 2 aromatic rings. The molecular weight excluding hydrogens is 290 g/mol. The van der Waals surface area contributed by atoms with Gasteiger partial charge in [0.2, 0.25) is 5.54 Å². The fraction of sp³-hybridized carbons (Fsp3) is 0.222. The lowest BCUT2D eigenvalue weighted by Gasteiger charge is -2.28. The van der Waals surface area contributed by atoms with Crippen LogP contribution in [0, 0.1) is 10.1 Å². The summed E-state index contributed by atoms with van der Waals surface area (Å²) in [4.78, 5) is 11.6. The number of hydrogen-bond acceptors (Lipinski definition) is 2. The van der Waals surface area contributed by atoms with E-state index in [1.54, 1.807) is 6.92 Å². The van der Waals surface area contributed by atoms with Gasteiger partial charge in [-0.15, -0.1) is 0 Å². The van der Waals surface area contributed by atoms with E-state index in [1.165, 1.54) is 10.4 Å². The van der Waals surface area contributed by atoms with E-state index in [-0.39, 0.29) is 4.92 Å². The van der Waals surface area contributed by atoms with Crippen LogP contribution < -0.4 is 10.4 Å². The number of rotatable bonds is 3. The van der Waals surface area contributed by atoms with Crippen LogP contribution in [-0.4, -0.2) is 18.5 Å². The molecule has 112 valence electrons. The highest BCUT2D eigenvalue weighted by Crippen LogP contribution is 2.38. The van der Waals surface area contributed by atoms with Gasteiger partial charge in [-0.1, -0.05) is 66.4 Å². The first kappa shape index (κ1) is 14.7. The summed E-state index contributed by atoms with van der Waals surface area (Å²) in [6.45, 7) is 3.67. The van der Waals surface area contributed by atoms with Crippen molar-refractivity contribution in [3.05, 3.63) is 82.1 Å².